The van der Waals surface area contributed by atoms with Crippen LogP contribution in [-0.4, -0.2) is 41.9 Å². The van der Waals surface area contributed by atoms with E-state index in [-0.39, 0.29) is 37.2 Å². The molecule has 8 nitrogen and oxygen atoms in total. The van der Waals surface area contributed by atoms with Gasteiger partial charge in [0, 0.05) is 11.2 Å². The van der Waals surface area contributed by atoms with Crippen LogP contribution in [0.4, 0.5) is 14.5 Å². The molecule has 1 aliphatic heterocycles. The molecule has 3 aromatic rings. The predicted octanol–water partition coefficient (Wildman–Crippen LogP) is 4.65. The summed E-state index contributed by atoms with van der Waals surface area (Å²) in [6.07, 6.45) is -0.467. The van der Waals surface area contributed by atoms with Crippen LogP contribution >= 0.6 is 36.4 Å². The molecule has 0 saturated carbocycles. The van der Waals surface area contributed by atoms with Crippen LogP contribution in [0, 0.1) is 0 Å². The number of aromatic nitrogens is 3. The van der Waals surface area contributed by atoms with Gasteiger partial charge in [-0.15, -0.1) is 35.0 Å². The maximum absolute atomic E-state index is 13.5. The van der Waals surface area contributed by atoms with Crippen molar-refractivity contribution in [1.29, 1.82) is 0 Å². The fourth-order valence-corrected chi connectivity index (χ4v) is 5.56. The van der Waals surface area contributed by atoms with Crippen LogP contribution < -0.4 is 9.62 Å². The Kier molecular flexibility index (Phi) is 10.0. The molecule has 2 aromatic heterocycles. The molecule has 0 radical (unpaired) electrons. The topological polar surface area (TPSA) is 101 Å². The number of hydrogen-bond acceptors (Lipinski definition) is 7. The summed E-state index contributed by atoms with van der Waals surface area (Å²) in [6, 6.07) is 9.80. The number of alkyl halides is 2. The molecule has 0 spiro atoms. The summed E-state index contributed by atoms with van der Waals surface area (Å²) in [6.45, 7) is 1.25. The van der Waals surface area contributed by atoms with Gasteiger partial charge in [-0.2, -0.15) is 8.78 Å². The van der Waals surface area contributed by atoms with E-state index in [0.717, 1.165) is 0 Å². The minimum atomic E-state index is -3.69. The second-order valence-electron chi connectivity index (χ2n) is 7.27. The van der Waals surface area contributed by atoms with E-state index in [4.69, 9.17) is 16.0 Å². The number of pyridine rings is 1. The van der Waals surface area contributed by atoms with Crippen molar-refractivity contribution in [2.45, 2.75) is 31.1 Å². The van der Waals surface area contributed by atoms with Gasteiger partial charge in [-0.1, -0.05) is 17.7 Å². The normalized spacial score (nSPS) is 14.4. The zero-order valence-corrected chi connectivity index (χ0v) is 20.8. The molecule has 0 amide bonds. The number of sulfonamides is 1. The van der Waals surface area contributed by atoms with Crippen molar-refractivity contribution in [2.75, 3.05) is 17.4 Å². The molecular weight excluding hydrogens is 535 g/mol. The average molecular weight is 557 g/mol. The lowest BCUT2D eigenvalue weighted by Crippen LogP contribution is -2.44. The lowest BCUT2D eigenvalue weighted by atomic mass is 10.2. The number of nitrogens with one attached hydrogen (secondary N) is 1. The van der Waals surface area contributed by atoms with Gasteiger partial charge in [0.2, 0.25) is 15.9 Å². The molecule has 1 N–H and O–H groups in total. The largest absolute Gasteiger partial charge is 0.415 e. The highest BCUT2D eigenvalue weighted by molar-refractivity contribution is 7.93. The summed E-state index contributed by atoms with van der Waals surface area (Å²) < 4.78 is 58.5. The molecule has 1 saturated heterocycles. The first kappa shape index (κ1) is 28.2. The zero-order chi connectivity index (χ0) is 22.7. The van der Waals surface area contributed by atoms with Crippen LogP contribution in [0.3, 0.4) is 0 Å². The van der Waals surface area contributed by atoms with Crippen LogP contribution in [0.15, 0.2) is 47.0 Å². The lowest BCUT2D eigenvalue weighted by Gasteiger charge is -2.31. The first-order valence-corrected chi connectivity index (χ1v) is 11.8. The van der Waals surface area contributed by atoms with Gasteiger partial charge in [0.25, 0.3) is 5.89 Å². The summed E-state index contributed by atoms with van der Waals surface area (Å²) in [4.78, 5) is 4.29. The van der Waals surface area contributed by atoms with Crippen molar-refractivity contribution in [1.82, 2.24) is 20.5 Å². The molecule has 0 atom stereocenters. The van der Waals surface area contributed by atoms with Gasteiger partial charge in [0.1, 0.15) is 0 Å². The molecular formula is C20H22Cl3F2N5O3S. The number of benzene rings is 1. The number of anilines is 1. The van der Waals surface area contributed by atoms with Crippen LogP contribution in [0.25, 0.3) is 11.5 Å². The SMILES string of the molecule is Cl.Cl.O=S(=O)(C1CCNCC1)N(Cc1ccc(-c2nnc(C(F)F)o2)cn1)c1cccc(Cl)c1. The number of nitrogens with zero attached hydrogens (tertiary/aromatic N) is 4. The molecule has 1 aromatic carbocycles. The van der Waals surface area contributed by atoms with Crippen molar-refractivity contribution >= 4 is 52.1 Å². The van der Waals surface area contributed by atoms with Gasteiger partial charge in [-0.25, -0.2) is 8.42 Å². The Labute approximate surface area is 213 Å². The number of hydrogen-bond donors (Lipinski definition) is 1. The third-order valence-electron chi connectivity index (χ3n) is 5.12. The predicted molar refractivity (Wildman–Crippen MR) is 129 cm³/mol. The second kappa shape index (κ2) is 12.1. The van der Waals surface area contributed by atoms with Crippen LogP contribution in [0.2, 0.25) is 5.02 Å². The average Bonchev–Trinajstić information content (AvgIpc) is 3.29. The van der Waals surface area contributed by atoms with Crippen LogP contribution in [-0.2, 0) is 16.6 Å². The van der Waals surface area contributed by atoms with Crippen LogP contribution in [0.1, 0.15) is 30.9 Å². The van der Waals surface area contributed by atoms with Crippen molar-refractivity contribution in [3.8, 4) is 11.5 Å². The molecule has 1 aliphatic rings. The first-order chi connectivity index (χ1) is 15.3. The van der Waals surface area contributed by atoms with E-state index in [0.29, 0.717) is 47.9 Å². The minimum Gasteiger partial charge on any atom is -0.415 e. The molecule has 186 valence electrons. The van der Waals surface area contributed by atoms with Gasteiger partial charge < -0.3 is 9.73 Å². The van der Waals surface area contributed by atoms with E-state index in [2.05, 4.69) is 20.5 Å². The smallest absolute Gasteiger partial charge is 0.314 e. The fourth-order valence-electron chi connectivity index (χ4n) is 3.46. The molecule has 34 heavy (non-hydrogen) atoms. The monoisotopic (exact) mass is 555 g/mol. The summed E-state index contributed by atoms with van der Waals surface area (Å²) in [5.41, 5.74) is 1.25. The molecule has 0 unspecified atom stereocenters. The van der Waals surface area contributed by atoms with Gasteiger partial charge >= 0.3 is 6.43 Å². The van der Waals surface area contributed by atoms with Crippen LogP contribution in [0.5, 0.6) is 0 Å². The Bertz CT molecular complexity index is 1180. The number of rotatable bonds is 7. The second-order valence-corrected chi connectivity index (χ2v) is 9.84. The fraction of sp³-hybridized carbons (Fsp3) is 0.350. The molecule has 0 aliphatic carbocycles. The number of halogens is 5. The van der Waals surface area contributed by atoms with Gasteiger partial charge in [0.15, 0.2) is 0 Å². The van der Waals surface area contributed by atoms with Gasteiger partial charge in [-0.05, 0) is 56.3 Å². The van der Waals surface area contributed by atoms with Crippen molar-refractivity contribution in [3.05, 3.63) is 59.2 Å². The first-order valence-electron chi connectivity index (χ1n) is 9.89. The highest BCUT2D eigenvalue weighted by Crippen LogP contribution is 2.29. The van der Waals surface area contributed by atoms with Crippen molar-refractivity contribution in [3.63, 3.8) is 0 Å². The Morgan fingerprint density at radius 3 is 2.47 bits per heavy atom. The Balaban J connectivity index is 0.00000204. The summed E-state index contributed by atoms with van der Waals surface area (Å²) >= 11 is 6.12. The minimum absolute atomic E-state index is 0. The summed E-state index contributed by atoms with van der Waals surface area (Å²) in [5, 5.41) is 9.96. The van der Waals surface area contributed by atoms with E-state index in [1.54, 1.807) is 36.4 Å². The molecule has 4 rings (SSSR count). The summed E-state index contributed by atoms with van der Waals surface area (Å²) in [5.74, 6) is -0.863. The maximum atomic E-state index is 13.5. The quantitative estimate of drug-likeness (QED) is 0.452. The van der Waals surface area contributed by atoms with Gasteiger partial charge in [-0.3, -0.25) is 9.29 Å². The standard InChI is InChI=1S/C20H20ClF2N5O3S.2ClH/c21-14-2-1-3-16(10-14)28(32(29,30)17-6-8-24-9-7-17)12-15-5-4-13(11-25-15)19-26-27-20(31-19)18(22)23;;/h1-5,10-11,17-18,24H,6-9,12H2;2*1H. The highest BCUT2D eigenvalue weighted by Gasteiger charge is 2.33. The lowest BCUT2D eigenvalue weighted by molar-refractivity contribution is 0.116. The van der Waals surface area contributed by atoms with Crippen molar-refractivity contribution < 1.29 is 21.6 Å². The molecule has 0 bridgehead atoms. The van der Waals surface area contributed by atoms with E-state index >= 15 is 0 Å². The van der Waals surface area contributed by atoms with Gasteiger partial charge in [0.05, 0.1) is 28.7 Å². The summed E-state index contributed by atoms with van der Waals surface area (Å²) in [7, 11) is -3.69. The molecule has 3 heterocycles. The van der Waals surface area contributed by atoms with E-state index < -0.39 is 27.6 Å². The van der Waals surface area contributed by atoms with E-state index in [1.807, 2.05) is 0 Å². The number of piperidine rings is 1. The third kappa shape index (κ3) is 6.33. The van der Waals surface area contributed by atoms with Crippen molar-refractivity contribution in [2.24, 2.45) is 0 Å². The van der Waals surface area contributed by atoms with E-state index in [1.165, 1.54) is 10.5 Å². The molecule has 1 fully saturated rings. The molecule has 14 heteroatoms. The third-order valence-corrected chi connectivity index (χ3v) is 7.62. The Morgan fingerprint density at radius 2 is 1.88 bits per heavy atom. The maximum Gasteiger partial charge on any atom is 0.314 e. The zero-order valence-electron chi connectivity index (χ0n) is 17.6. The Morgan fingerprint density at radius 1 is 1.15 bits per heavy atom. The Hall–Kier alpha value is -2.05. The highest BCUT2D eigenvalue weighted by atomic mass is 35.5. The van der Waals surface area contributed by atoms with E-state index in [9.17, 15) is 17.2 Å².